The Morgan fingerprint density at radius 2 is 2.00 bits per heavy atom. The molecule has 0 aliphatic heterocycles. The minimum absolute atomic E-state index is 0.0349. The Kier molecular flexibility index (Phi) is 3.43. The minimum Gasteiger partial charge on any atom is -0.480 e. The van der Waals surface area contributed by atoms with E-state index < -0.39 is 12.3 Å². The molecule has 1 rings (SSSR count). The van der Waals surface area contributed by atoms with Crippen LogP contribution in [-0.2, 0) is 0 Å². The summed E-state index contributed by atoms with van der Waals surface area (Å²) in [5.41, 5.74) is 0.838. The molecule has 86 valence electrons. The van der Waals surface area contributed by atoms with E-state index in [1.54, 1.807) is 19.1 Å². The third-order valence-corrected chi connectivity index (χ3v) is 2.02. The predicted octanol–water partition coefficient (Wildman–Crippen LogP) is 3.20. The number of ether oxygens (including phenoxy) is 1. The van der Waals surface area contributed by atoms with Crippen LogP contribution in [0.15, 0.2) is 18.2 Å². The maximum Gasteiger partial charge on any atom is 0.425 e. The number of aryl methyl sites for hydroxylation is 1. The standard InChI is InChI=1S/C11H10F3NO/c1-7-3-4-9(6-15)10(5-7)16-8(2)11(12,13)14/h3-5,8H,1-2H3. The van der Waals surface area contributed by atoms with Crippen molar-refractivity contribution in [3.05, 3.63) is 29.3 Å². The van der Waals surface area contributed by atoms with E-state index in [2.05, 4.69) is 0 Å². The van der Waals surface area contributed by atoms with Crippen molar-refractivity contribution in [1.82, 2.24) is 0 Å². The second-order valence-corrected chi connectivity index (χ2v) is 3.41. The first-order chi connectivity index (χ1) is 7.34. The molecule has 0 aromatic heterocycles. The molecule has 0 saturated heterocycles. The third-order valence-electron chi connectivity index (χ3n) is 2.02. The highest BCUT2D eigenvalue weighted by Crippen LogP contribution is 2.27. The highest BCUT2D eigenvalue weighted by atomic mass is 19.4. The van der Waals surface area contributed by atoms with Crippen molar-refractivity contribution in [3.8, 4) is 11.8 Å². The molecule has 1 unspecified atom stereocenters. The first-order valence-electron chi connectivity index (χ1n) is 4.58. The van der Waals surface area contributed by atoms with Crippen molar-refractivity contribution < 1.29 is 17.9 Å². The number of nitriles is 1. The lowest BCUT2D eigenvalue weighted by Gasteiger charge is -2.18. The molecule has 2 nitrogen and oxygen atoms in total. The highest BCUT2D eigenvalue weighted by molar-refractivity contribution is 5.45. The zero-order chi connectivity index (χ0) is 12.3. The Balaban J connectivity index is 2.97. The van der Waals surface area contributed by atoms with E-state index in [9.17, 15) is 13.2 Å². The van der Waals surface area contributed by atoms with Crippen LogP contribution in [0.25, 0.3) is 0 Å². The molecule has 16 heavy (non-hydrogen) atoms. The summed E-state index contributed by atoms with van der Waals surface area (Å²) >= 11 is 0. The van der Waals surface area contributed by atoms with Crippen molar-refractivity contribution >= 4 is 0 Å². The van der Waals surface area contributed by atoms with E-state index in [0.717, 1.165) is 12.5 Å². The van der Waals surface area contributed by atoms with Gasteiger partial charge in [-0.15, -0.1) is 0 Å². The molecule has 1 aromatic rings. The molecule has 0 N–H and O–H groups in total. The molecule has 5 heteroatoms. The van der Waals surface area contributed by atoms with Crippen LogP contribution in [0.3, 0.4) is 0 Å². The summed E-state index contributed by atoms with van der Waals surface area (Å²) < 4.78 is 41.5. The predicted molar refractivity (Wildman–Crippen MR) is 52.0 cm³/mol. The number of rotatable bonds is 2. The van der Waals surface area contributed by atoms with Crippen molar-refractivity contribution in [3.63, 3.8) is 0 Å². The summed E-state index contributed by atoms with van der Waals surface area (Å²) in [6.07, 6.45) is -6.36. The van der Waals surface area contributed by atoms with Crippen molar-refractivity contribution in [2.24, 2.45) is 0 Å². The van der Waals surface area contributed by atoms with E-state index >= 15 is 0 Å². The maximum atomic E-state index is 12.3. The monoisotopic (exact) mass is 229 g/mol. The van der Waals surface area contributed by atoms with Crippen LogP contribution in [0.1, 0.15) is 18.1 Å². The molecule has 0 heterocycles. The Bertz CT molecular complexity index is 420. The number of halogens is 3. The minimum atomic E-state index is -4.43. The average Bonchev–Trinajstić information content (AvgIpc) is 2.16. The lowest BCUT2D eigenvalue weighted by atomic mass is 10.1. The van der Waals surface area contributed by atoms with Crippen molar-refractivity contribution in [2.75, 3.05) is 0 Å². The SMILES string of the molecule is Cc1ccc(C#N)c(OC(C)C(F)(F)F)c1. The van der Waals surface area contributed by atoms with Gasteiger partial charge >= 0.3 is 6.18 Å². The summed E-state index contributed by atoms with van der Waals surface area (Å²) in [4.78, 5) is 0. The largest absolute Gasteiger partial charge is 0.480 e. The third kappa shape index (κ3) is 2.89. The van der Waals surface area contributed by atoms with Crippen LogP contribution >= 0.6 is 0 Å². The van der Waals surface area contributed by atoms with Gasteiger partial charge in [-0.2, -0.15) is 18.4 Å². The van der Waals surface area contributed by atoms with E-state index in [1.807, 2.05) is 0 Å². The number of alkyl halides is 3. The van der Waals surface area contributed by atoms with E-state index in [0.29, 0.717) is 0 Å². The van der Waals surface area contributed by atoms with Gasteiger partial charge in [0.2, 0.25) is 0 Å². The van der Waals surface area contributed by atoms with Crippen LogP contribution in [0.2, 0.25) is 0 Å². The van der Waals surface area contributed by atoms with Gasteiger partial charge in [-0.1, -0.05) is 6.07 Å². The molecule has 0 saturated carbocycles. The van der Waals surface area contributed by atoms with Gasteiger partial charge in [-0.3, -0.25) is 0 Å². The van der Waals surface area contributed by atoms with Crippen molar-refractivity contribution in [2.45, 2.75) is 26.1 Å². The number of nitrogens with zero attached hydrogens (tertiary/aromatic N) is 1. The highest BCUT2D eigenvalue weighted by Gasteiger charge is 2.38. The smallest absolute Gasteiger partial charge is 0.425 e. The Morgan fingerprint density at radius 1 is 1.38 bits per heavy atom. The molecular formula is C11H10F3NO. The quantitative estimate of drug-likeness (QED) is 0.780. The van der Waals surface area contributed by atoms with E-state index in [-0.39, 0.29) is 11.3 Å². The van der Waals surface area contributed by atoms with Crippen LogP contribution in [0.5, 0.6) is 5.75 Å². The summed E-state index contributed by atoms with van der Waals surface area (Å²) in [6.45, 7) is 2.62. The Hall–Kier alpha value is -1.70. The fraction of sp³-hybridized carbons (Fsp3) is 0.364. The summed E-state index contributed by atoms with van der Waals surface area (Å²) in [7, 11) is 0. The summed E-state index contributed by atoms with van der Waals surface area (Å²) in [6, 6.07) is 6.29. The van der Waals surface area contributed by atoms with E-state index in [4.69, 9.17) is 10.00 Å². The molecule has 0 bridgehead atoms. The van der Waals surface area contributed by atoms with Crippen LogP contribution in [0, 0.1) is 18.3 Å². The molecule has 0 spiro atoms. The molecule has 0 radical (unpaired) electrons. The second kappa shape index (κ2) is 4.44. The number of benzene rings is 1. The van der Waals surface area contributed by atoms with Gasteiger partial charge in [0.05, 0.1) is 5.56 Å². The molecule has 0 aliphatic rings. The Labute approximate surface area is 91.3 Å². The van der Waals surface area contributed by atoms with Gasteiger partial charge in [0.15, 0.2) is 6.10 Å². The molecule has 0 fully saturated rings. The van der Waals surface area contributed by atoms with Crippen LogP contribution < -0.4 is 4.74 Å². The summed E-state index contributed by atoms with van der Waals surface area (Å²) in [5, 5.41) is 8.71. The first-order valence-corrected chi connectivity index (χ1v) is 4.58. The normalized spacial score (nSPS) is 13.0. The fourth-order valence-electron chi connectivity index (χ4n) is 1.08. The van der Waals surface area contributed by atoms with Gasteiger partial charge in [-0.25, -0.2) is 0 Å². The van der Waals surface area contributed by atoms with Gasteiger partial charge in [0.1, 0.15) is 11.8 Å². The lowest BCUT2D eigenvalue weighted by Crippen LogP contribution is -2.31. The fourth-order valence-corrected chi connectivity index (χ4v) is 1.08. The molecule has 1 aromatic carbocycles. The molecule has 1 atom stereocenters. The van der Waals surface area contributed by atoms with Gasteiger partial charge in [0, 0.05) is 0 Å². The maximum absolute atomic E-state index is 12.3. The van der Waals surface area contributed by atoms with Gasteiger partial charge < -0.3 is 4.74 Å². The second-order valence-electron chi connectivity index (χ2n) is 3.41. The molecule has 0 amide bonds. The van der Waals surface area contributed by atoms with Gasteiger partial charge in [0.25, 0.3) is 0 Å². The summed E-state index contributed by atoms with van der Waals surface area (Å²) in [5.74, 6) is -0.0349. The van der Waals surface area contributed by atoms with Crippen LogP contribution in [0.4, 0.5) is 13.2 Å². The first kappa shape index (κ1) is 12.4. The zero-order valence-electron chi connectivity index (χ0n) is 8.80. The topological polar surface area (TPSA) is 33.0 Å². The van der Waals surface area contributed by atoms with Crippen molar-refractivity contribution in [1.29, 1.82) is 5.26 Å². The van der Waals surface area contributed by atoms with E-state index in [1.165, 1.54) is 12.1 Å². The molecule has 0 aliphatic carbocycles. The van der Waals surface area contributed by atoms with Gasteiger partial charge in [-0.05, 0) is 31.5 Å². The Morgan fingerprint density at radius 3 is 2.50 bits per heavy atom. The number of hydrogen-bond donors (Lipinski definition) is 0. The zero-order valence-corrected chi connectivity index (χ0v) is 8.80. The number of hydrogen-bond acceptors (Lipinski definition) is 2. The lowest BCUT2D eigenvalue weighted by molar-refractivity contribution is -0.189. The van der Waals surface area contributed by atoms with Crippen LogP contribution in [-0.4, -0.2) is 12.3 Å². The molecular weight excluding hydrogens is 219 g/mol. The average molecular weight is 229 g/mol.